The van der Waals surface area contributed by atoms with Crippen LogP contribution in [-0.2, 0) is 0 Å². The predicted molar refractivity (Wildman–Crippen MR) is 174 cm³/mol. The van der Waals surface area contributed by atoms with Gasteiger partial charge >= 0.3 is 0 Å². The Kier molecular flexibility index (Phi) is 6.63. The molecule has 0 bridgehead atoms. The molecule has 0 fully saturated rings. The number of halogens is 1. The fourth-order valence-corrected chi connectivity index (χ4v) is 6.01. The van der Waals surface area contributed by atoms with Gasteiger partial charge in [-0.2, -0.15) is 0 Å². The summed E-state index contributed by atoms with van der Waals surface area (Å²) < 4.78 is 0.967. The van der Waals surface area contributed by atoms with Gasteiger partial charge in [0.2, 0.25) is 0 Å². The fraction of sp³-hybridized carbons (Fsp3) is 0. The lowest BCUT2D eigenvalue weighted by molar-refractivity contribution is 1.24. The molecule has 0 saturated heterocycles. The van der Waals surface area contributed by atoms with E-state index in [0.717, 1.165) is 60.4 Å². The van der Waals surface area contributed by atoms with Gasteiger partial charge in [0.05, 0.1) is 38.3 Å². The Hall–Kier alpha value is -5.00. The van der Waals surface area contributed by atoms with E-state index in [1.165, 1.54) is 0 Å². The van der Waals surface area contributed by atoms with Gasteiger partial charge in [0.1, 0.15) is 0 Å². The number of hydrogen-bond donors (Lipinski definition) is 0. The molecule has 0 unspecified atom stereocenters. The summed E-state index contributed by atoms with van der Waals surface area (Å²) in [4.78, 5) is 13.9. The molecule has 5 heteroatoms. The Labute approximate surface area is 247 Å². The first-order chi connectivity index (χ1) is 20.3. The molecule has 0 radical (unpaired) electrons. The number of nitrogens with zero attached hydrogens (tertiary/aromatic N) is 4. The Bertz CT molecular complexity index is 1850. The Morgan fingerprint density at radius 3 is 1.34 bits per heavy atom. The van der Waals surface area contributed by atoms with Crippen molar-refractivity contribution in [1.82, 2.24) is 9.97 Å². The van der Waals surface area contributed by atoms with Crippen molar-refractivity contribution in [2.75, 3.05) is 9.80 Å². The number of benzene rings is 5. The molecule has 4 nitrogen and oxygen atoms in total. The summed E-state index contributed by atoms with van der Waals surface area (Å²) >= 11 is 4.09. The first-order valence-electron chi connectivity index (χ1n) is 13.5. The van der Waals surface area contributed by atoms with Gasteiger partial charge in [-0.15, -0.1) is 0 Å². The van der Waals surface area contributed by atoms with Crippen molar-refractivity contribution in [3.05, 3.63) is 156 Å². The van der Waals surface area contributed by atoms with Crippen molar-refractivity contribution < 1.29 is 0 Å². The molecule has 41 heavy (non-hydrogen) atoms. The van der Waals surface area contributed by atoms with Crippen LogP contribution < -0.4 is 9.80 Å². The Morgan fingerprint density at radius 2 is 0.829 bits per heavy atom. The van der Waals surface area contributed by atoms with Crippen LogP contribution in [0, 0.1) is 0 Å². The third-order valence-corrected chi connectivity index (χ3v) is 8.01. The van der Waals surface area contributed by atoms with E-state index in [-0.39, 0.29) is 0 Å². The monoisotopic (exact) mass is 592 g/mol. The molecule has 2 heterocycles. The molecule has 0 aliphatic rings. The van der Waals surface area contributed by atoms with Crippen LogP contribution in [-0.4, -0.2) is 9.97 Å². The molecule has 0 aliphatic heterocycles. The highest BCUT2D eigenvalue weighted by Crippen LogP contribution is 2.48. The van der Waals surface area contributed by atoms with Crippen LogP contribution in [0.4, 0.5) is 34.1 Å². The molecule has 7 aromatic rings. The molecule has 0 atom stereocenters. The van der Waals surface area contributed by atoms with E-state index in [1.54, 1.807) is 0 Å². The third-order valence-electron chi connectivity index (χ3n) is 7.20. The number of aromatic nitrogens is 2. The molecule has 5 aromatic carbocycles. The van der Waals surface area contributed by atoms with Gasteiger partial charge in [-0.3, -0.25) is 9.97 Å². The zero-order valence-electron chi connectivity index (χ0n) is 22.1. The zero-order chi connectivity index (χ0) is 27.6. The minimum atomic E-state index is 0.941. The van der Waals surface area contributed by atoms with Gasteiger partial charge in [0.15, 0.2) is 0 Å². The summed E-state index contributed by atoms with van der Waals surface area (Å²) in [6.45, 7) is 0. The van der Waals surface area contributed by atoms with Crippen LogP contribution in [0.3, 0.4) is 0 Å². The molecular formula is C36H25BrN4. The Balaban J connectivity index is 1.51. The quantitative estimate of drug-likeness (QED) is 0.192. The van der Waals surface area contributed by atoms with E-state index >= 15 is 0 Å². The molecule has 0 saturated carbocycles. The second kappa shape index (κ2) is 10.9. The largest absolute Gasteiger partial charge is 0.309 e. The second-order valence-electron chi connectivity index (χ2n) is 9.65. The fourth-order valence-electron chi connectivity index (χ4n) is 5.39. The molecule has 7 rings (SSSR count). The van der Waals surface area contributed by atoms with Crippen LogP contribution in [0.25, 0.3) is 21.8 Å². The summed E-state index contributed by atoms with van der Waals surface area (Å²) in [6, 6.07) is 48.2. The standard InChI is InChI=1S/C36H25BrN4/c37-36-34(40(26-12-3-1-4-13-26)27-14-5-2-6-15-27)22-9-23-35(36)41(32-20-7-18-30-28(32)16-10-24-38-30)33-21-8-19-31-29(33)17-11-25-39-31/h1-25H. The van der Waals surface area contributed by atoms with Crippen molar-refractivity contribution in [3.63, 3.8) is 0 Å². The maximum atomic E-state index is 4.66. The van der Waals surface area contributed by atoms with E-state index in [4.69, 9.17) is 0 Å². The van der Waals surface area contributed by atoms with Crippen LogP contribution in [0.15, 0.2) is 156 Å². The maximum absolute atomic E-state index is 4.66. The van der Waals surface area contributed by atoms with E-state index < -0.39 is 0 Å². The number of rotatable bonds is 6. The minimum Gasteiger partial charge on any atom is -0.309 e. The summed E-state index contributed by atoms with van der Waals surface area (Å²) in [5.41, 5.74) is 8.14. The lowest BCUT2D eigenvalue weighted by atomic mass is 10.1. The summed E-state index contributed by atoms with van der Waals surface area (Å²) in [5.74, 6) is 0. The van der Waals surface area contributed by atoms with Crippen molar-refractivity contribution in [1.29, 1.82) is 0 Å². The van der Waals surface area contributed by atoms with Gasteiger partial charge in [0, 0.05) is 34.5 Å². The molecule has 196 valence electrons. The summed E-state index contributed by atoms with van der Waals surface area (Å²) in [6.07, 6.45) is 3.68. The van der Waals surface area contributed by atoms with Crippen molar-refractivity contribution in [3.8, 4) is 0 Å². The van der Waals surface area contributed by atoms with E-state index in [2.05, 4.69) is 151 Å². The number of para-hydroxylation sites is 2. The van der Waals surface area contributed by atoms with E-state index in [1.807, 2.05) is 36.7 Å². The van der Waals surface area contributed by atoms with Crippen molar-refractivity contribution >= 4 is 71.9 Å². The predicted octanol–water partition coefficient (Wildman–Crippen LogP) is 10.5. The van der Waals surface area contributed by atoms with Gasteiger partial charge in [-0.25, -0.2) is 0 Å². The first-order valence-corrected chi connectivity index (χ1v) is 14.3. The van der Waals surface area contributed by atoms with Gasteiger partial charge in [-0.05, 0) is 101 Å². The van der Waals surface area contributed by atoms with Crippen LogP contribution in [0.1, 0.15) is 0 Å². The van der Waals surface area contributed by atoms with E-state index in [0.29, 0.717) is 0 Å². The first kappa shape index (κ1) is 25.0. The molecule has 0 aliphatic carbocycles. The molecular weight excluding hydrogens is 568 g/mol. The maximum Gasteiger partial charge on any atom is 0.0723 e. The molecule has 2 aromatic heterocycles. The van der Waals surface area contributed by atoms with Crippen molar-refractivity contribution in [2.24, 2.45) is 0 Å². The normalized spacial score (nSPS) is 11.0. The second-order valence-corrected chi connectivity index (χ2v) is 10.4. The van der Waals surface area contributed by atoms with Gasteiger partial charge in [-0.1, -0.05) is 54.6 Å². The van der Waals surface area contributed by atoms with Crippen LogP contribution in [0.5, 0.6) is 0 Å². The highest BCUT2D eigenvalue weighted by atomic mass is 79.9. The van der Waals surface area contributed by atoms with E-state index in [9.17, 15) is 0 Å². The SMILES string of the molecule is Brc1c(N(c2ccccc2)c2ccccc2)cccc1N(c1cccc2ncccc12)c1cccc2ncccc12. The Morgan fingerprint density at radius 1 is 0.390 bits per heavy atom. The lowest BCUT2D eigenvalue weighted by Crippen LogP contribution is -2.15. The third kappa shape index (κ3) is 4.60. The topological polar surface area (TPSA) is 32.3 Å². The number of fused-ring (bicyclic) bond motifs is 2. The average molecular weight is 594 g/mol. The zero-order valence-corrected chi connectivity index (χ0v) is 23.7. The highest BCUT2D eigenvalue weighted by molar-refractivity contribution is 9.10. The number of pyridine rings is 2. The molecule has 0 spiro atoms. The van der Waals surface area contributed by atoms with Gasteiger partial charge < -0.3 is 9.80 Å². The summed E-state index contributed by atoms with van der Waals surface area (Å²) in [5, 5.41) is 2.13. The number of hydrogen-bond acceptors (Lipinski definition) is 4. The van der Waals surface area contributed by atoms with Gasteiger partial charge in [0.25, 0.3) is 0 Å². The van der Waals surface area contributed by atoms with Crippen LogP contribution >= 0.6 is 15.9 Å². The minimum absolute atomic E-state index is 0.941. The molecule has 0 amide bonds. The summed E-state index contributed by atoms with van der Waals surface area (Å²) in [7, 11) is 0. The molecule has 0 N–H and O–H groups in total. The van der Waals surface area contributed by atoms with Crippen molar-refractivity contribution in [2.45, 2.75) is 0 Å². The van der Waals surface area contributed by atoms with Crippen LogP contribution in [0.2, 0.25) is 0 Å². The smallest absolute Gasteiger partial charge is 0.0723 e. The highest BCUT2D eigenvalue weighted by Gasteiger charge is 2.24. The average Bonchev–Trinajstić information content (AvgIpc) is 3.04. The lowest BCUT2D eigenvalue weighted by Gasteiger charge is -2.32. The number of anilines is 6.